The maximum atomic E-state index is 12.7. The van der Waals surface area contributed by atoms with E-state index in [-0.39, 0.29) is 10.8 Å². The summed E-state index contributed by atoms with van der Waals surface area (Å²) in [7, 11) is -3.39. The van der Waals surface area contributed by atoms with E-state index >= 15 is 0 Å². The minimum Gasteiger partial charge on any atom is -0.320 e. The predicted octanol–water partition coefficient (Wildman–Crippen LogP) is 2.84. The van der Waals surface area contributed by atoms with E-state index in [1.165, 1.54) is 12.1 Å². The predicted molar refractivity (Wildman–Crippen MR) is 95.8 cm³/mol. The molecule has 0 bridgehead atoms. The Kier molecular flexibility index (Phi) is 4.41. The first-order valence-corrected chi connectivity index (χ1v) is 9.46. The van der Waals surface area contributed by atoms with Crippen LogP contribution in [0.1, 0.15) is 15.9 Å². The first kappa shape index (κ1) is 16.9. The second-order valence-corrected chi connectivity index (χ2v) is 7.69. The lowest BCUT2D eigenvalue weighted by Crippen LogP contribution is -2.16. The first-order chi connectivity index (χ1) is 11.9. The van der Waals surface area contributed by atoms with E-state index < -0.39 is 9.84 Å². The maximum Gasteiger partial charge on any atom is 0.256 e. The molecule has 0 atom stereocenters. The van der Waals surface area contributed by atoms with E-state index in [0.717, 1.165) is 11.9 Å². The number of benzene rings is 2. The van der Waals surface area contributed by atoms with E-state index in [2.05, 4.69) is 10.4 Å². The Labute approximate surface area is 146 Å². The minimum atomic E-state index is -3.39. The van der Waals surface area contributed by atoms with Crippen molar-refractivity contribution >= 4 is 21.4 Å². The third-order valence-electron chi connectivity index (χ3n) is 3.79. The van der Waals surface area contributed by atoms with Crippen molar-refractivity contribution in [3.8, 4) is 5.69 Å². The number of aromatic nitrogens is 2. The van der Waals surface area contributed by atoms with Crippen molar-refractivity contribution in [2.24, 2.45) is 0 Å². The van der Waals surface area contributed by atoms with Crippen LogP contribution in [0.5, 0.6) is 0 Å². The molecule has 0 aliphatic heterocycles. The van der Waals surface area contributed by atoms with Crippen LogP contribution in [-0.4, -0.2) is 30.4 Å². The van der Waals surface area contributed by atoms with Crippen molar-refractivity contribution < 1.29 is 13.2 Å². The quantitative estimate of drug-likeness (QED) is 0.780. The number of carbonyl (C=O) groups excluding carboxylic acids is 1. The van der Waals surface area contributed by atoms with Gasteiger partial charge in [-0.3, -0.25) is 4.79 Å². The van der Waals surface area contributed by atoms with Crippen LogP contribution in [0.3, 0.4) is 0 Å². The van der Waals surface area contributed by atoms with Crippen molar-refractivity contribution in [1.29, 1.82) is 0 Å². The largest absolute Gasteiger partial charge is 0.320 e. The van der Waals surface area contributed by atoms with Crippen LogP contribution in [0.2, 0.25) is 0 Å². The van der Waals surface area contributed by atoms with Crippen molar-refractivity contribution in [3.63, 3.8) is 0 Å². The number of amides is 1. The zero-order valence-corrected chi connectivity index (χ0v) is 14.6. The summed E-state index contributed by atoms with van der Waals surface area (Å²) in [6, 6.07) is 13.6. The lowest BCUT2D eigenvalue weighted by Gasteiger charge is -2.13. The monoisotopic (exact) mass is 355 g/mol. The van der Waals surface area contributed by atoms with Crippen molar-refractivity contribution in [1.82, 2.24) is 9.78 Å². The highest BCUT2D eigenvalue weighted by Gasteiger charge is 2.16. The fraction of sp³-hybridized carbons (Fsp3) is 0.111. The molecule has 3 aromatic rings. The Morgan fingerprint density at radius 3 is 2.56 bits per heavy atom. The SMILES string of the molecule is Cc1ccc(S(C)(=O)=O)cc1C(=O)Nc1ccccc1-n1cccn1. The van der Waals surface area contributed by atoms with Gasteiger partial charge in [0.05, 0.1) is 16.3 Å². The molecule has 1 heterocycles. The molecule has 0 fully saturated rings. The van der Waals surface area contributed by atoms with Crippen molar-refractivity contribution in [2.75, 3.05) is 11.6 Å². The smallest absolute Gasteiger partial charge is 0.256 e. The van der Waals surface area contributed by atoms with Gasteiger partial charge in [0.2, 0.25) is 0 Å². The molecule has 0 radical (unpaired) electrons. The van der Waals surface area contributed by atoms with Gasteiger partial charge in [0.1, 0.15) is 0 Å². The van der Waals surface area contributed by atoms with Crippen LogP contribution in [0.25, 0.3) is 5.69 Å². The average molecular weight is 355 g/mol. The summed E-state index contributed by atoms with van der Waals surface area (Å²) in [6.07, 6.45) is 4.55. The zero-order valence-electron chi connectivity index (χ0n) is 13.8. The number of rotatable bonds is 4. The van der Waals surface area contributed by atoms with Crippen LogP contribution in [-0.2, 0) is 9.84 Å². The molecule has 3 rings (SSSR count). The third kappa shape index (κ3) is 3.61. The lowest BCUT2D eigenvalue weighted by molar-refractivity contribution is 0.102. The molecule has 7 heteroatoms. The summed E-state index contributed by atoms with van der Waals surface area (Å²) >= 11 is 0. The number of nitrogens with zero attached hydrogens (tertiary/aromatic N) is 2. The second-order valence-electron chi connectivity index (χ2n) is 5.67. The molecule has 0 spiro atoms. The Bertz CT molecular complexity index is 1030. The molecule has 0 aliphatic rings. The van der Waals surface area contributed by atoms with Gasteiger partial charge in [0, 0.05) is 24.2 Å². The molecule has 0 aliphatic carbocycles. The van der Waals surface area contributed by atoms with Crippen molar-refractivity contribution in [3.05, 3.63) is 72.1 Å². The summed E-state index contributed by atoms with van der Waals surface area (Å²) in [5.74, 6) is -0.373. The Morgan fingerprint density at radius 1 is 1.12 bits per heavy atom. The molecule has 0 saturated heterocycles. The number of aryl methyl sites for hydroxylation is 1. The number of hydrogen-bond donors (Lipinski definition) is 1. The molecule has 128 valence electrons. The van der Waals surface area contributed by atoms with Gasteiger partial charge in [-0.1, -0.05) is 18.2 Å². The Morgan fingerprint density at radius 2 is 1.88 bits per heavy atom. The summed E-state index contributed by atoms with van der Waals surface area (Å²) in [6.45, 7) is 1.76. The summed E-state index contributed by atoms with van der Waals surface area (Å²) in [4.78, 5) is 12.8. The molecular weight excluding hydrogens is 338 g/mol. The van der Waals surface area contributed by atoms with Gasteiger partial charge in [-0.05, 0) is 42.8 Å². The molecule has 0 unspecified atom stereocenters. The van der Waals surface area contributed by atoms with E-state index in [1.54, 1.807) is 42.2 Å². The highest BCUT2D eigenvalue weighted by molar-refractivity contribution is 7.90. The molecule has 25 heavy (non-hydrogen) atoms. The second kappa shape index (κ2) is 6.52. The molecule has 1 aromatic heterocycles. The molecule has 1 N–H and O–H groups in total. The van der Waals surface area contributed by atoms with Crippen molar-refractivity contribution in [2.45, 2.75) is 11.8 Å². The van der Waals surface area contributed by atoms with Gasteiger partial charge in [-0.2, -0.15) is 5.10 Å². The minimum absolute atomic E-state index is 0.114. The van der Waals surface area contributed by atoms with E-state index in [0.29, 0.717) is 16.8 Å². The number of sulfone groups is 1. The first-order valence-electron chi connectivity index (χ1n) is 7.57. The molecular formula is C18H17N3O3S. The van der Waals surface area contributed by atoms with Crippen LogP contribution in [0.4, 0.5) is 5.69 Å². The molecule has 0 saturated carbocycles. The lowest BCUT2D eigenvalue weighted by atomic mass is 10.1. The third-order valence-corrected chi connectivity index (χ3v) is 4.90. The number of para-hydroxylation sites is 2. The zero-order chi connectivity index (χ0) is 18.0. The standard InChI is InChI=1S/C18H17N3O3S/c1-13-8-9-14(25(2,23)24)12-15(13)18(22)20-16-6-3-4-7-17(16)21-11-5-10-19-21/h3-12H,1-2H3,(H,20,22). The van der Waals surface area contributed by atoms with Crippen LogP contribution < -0.4 is 5.32 Å². The van der Waals surface area contributed by atoms with E-state index in [4.69, 9.17) is 0 Å². The fourth-order valence-corrected chi connectivity index (χ4v) is 3.10. The Hall–Kier alpha value is -2.93. The number of nitrogens with one attached hydrogen (secondary N) is 1. The fourth-order valence-electron chi connectivity index (χ4n) is 2.46. The summed E-state index contributed by atoms with van der Waals surface area (Å²) in [5.41, 5.74) is 2.32. The van der Waals surface area contributed by atoms with E-state index in [9.17, 15) is 13.2 Å². The summed E-state index contributed by atoms with van der Waals surface area (Å²) in [5, 5.41) is 7.02. The highest BCUT2D eigenvalue weighted by Crippen LogP contribution is 2.22. The highest BCUT2D eigenvalue weighted by atomic mass is 32.2. The van der Waals surface area contributed by atoms with Gasteiger partial charge in [0.15, 0.2) is 9.84 Å². The summed E-state index contributed by atoms with van der Waals surface area (Å²) < 4.78 is 25.1. The van der Waals surface area contributed by atoms with Gasteiger partial charge in [-0.25, -0.2) is 13.1 Å². The Balaban J connectivity index is 1.97. The van der Waals surface area contributed by atoms with Crippen LogP contribution in [0.15, 0.2) is 65.8 Å². The molecule has 1 amide bonds. The van der Waals surface area contributed by atoms with Gasteiger partial charge in [-0.15, -0.1) is 0 Å². The molecule has 2 aromatic carbocycles. The van der Waals surface area contributed by atoms with Crippen LogP contribution >= 0.6 is 0 Å². The van der Waals surface area contributed by atoms with Crippen LogP contribution in [0, 0.1) is 6.92 Å². The number of carbonyl (C=O) groups is 1. The number of anilines is 1. The maximum absolute atomic E-state index is 12.7. The van der Waals surface area contributed by atoms with Gasteiger partial charge >= 0.3 is 0 Å². The van der Waals surface area contributed by atoms with E-state index in [1.807, 2.05) is 18.2 Å². The van der Waals surface area contributed by atoms with Gasteiger partial charge < -0.3 is 5.32 Å². The van der Waals surface area contributed by atoms with Gasteiger partial charge in [0.25, 0.3) is 5.91 Å². The average Bonchev–Trinajstić information content (AvgIpc) is 3.09. The number of hydrogen-bond acceptors (Lipinski definition) is 4. The topological polar surface area (TPSA) is 81.1 Å². The normalized spacial score (nSPS) is 11.3. The molecule has 6 nitrogen and oxygen atoms in total.